The molecule has 0 bridgehead atoms. The maximum atomic E-state index is 12.9. The second-order valence-electron chi connectivity index (χ2n) is 7.11. The zero-order valence-electron chi connectivity index (χ0n) is 19.1. The number of nitrogens with zero attached hydrogens (tertiary/aromatic N) is 3. The van der Waals surface area contributed by atoms with Crippen molar-refractivity contribution in [2.45, 2.75) is 25.8 Å². The number of para-hydroxylation sites is 1. The quantitative estimate of drug-likeness (QED) is 0.187. The van der Waals surface area contributed by atoms with Gasteiger partial charge in [-0.25, -0.2) is 4.79 Å². The molecule has 0 aliphatic carbocycles. The Morgan fingerprint density at radius 1 is 1.17 bits per heavy atom. The molecule has 2 aromatic carbocycles. The van der Waals surface area contributed by atoms with Gasteiger partial charge in [0.1, 0.15) is 5.56 Å². The van der Waals surface area contributed by atoms with E-state index in [2.05, 4.69) is 29.5 Å². The molecule has 3 rings (SSSR count). The van der Waals surface area contributed by atoms with Crippen molar-refractivity contribution in [2.24, 2.45) is 0 Å². The third-order valence-electron chi connectivity index (χ3n) is 4.64. The number of halogens is 3. The fourth-order valence-corrected chi connectivity index (χ4v) is 3.41. The van der Waals surface area contributed by atoms with E-state index in [4.69, 9.17) is 0 Å². The average molecular weight is 702 g/mol. The number of methoxy groups -OCH3 is 1. The van der Waals surface area contributed by atoms with E-state index >= 15 is 0 Å². The minimum absolute atomic E-state index is 0. The Morgan fingerprint density at radius 3 is 2.42 bits per heavy atom. The molecule has 36 heavy (non-hydrogen) atoms. The molecule has 1 radical (unpaired) electrons. The van der Waals surface area contributed by atoms with E-state index in [1.807, 2.05) is 30.3 Å². The van der Waals surface area contributed by atoms with Gasteiger partial charge < -0.3 is 29.5 Å². The zero-order chi connectivity index (χ0) is 25.8. The molecule has 0 aliphatic rings. The summed E-state index contributed by atoms with van der Waals surface area (Å²) in [5.74, 6) is -1.44. The molecule has 0 aliphatic heterocycles. The summed E-state index contributed by atoms with van der Waals surface area (Å²) >= 11 is 0. The Morgan fingerprint density at radius 2 is 1.83 bits per heavy atom. The number of hydrogen-bond donors (Lipinski definition) is 1. The smallest absolute Gasteiger partial charge is 0.465 e. The van der Waals surface area contributed by atoms with E-state index in [1.165, 1.54) is 19.2 Å². The molecule has 9 nitrogen and oxygen atoms in total. The van der Waals surface area contributed by atoms with Crippen LogP contribution >= 0.6 is 0 Å². The van der Waals surface area contributed by atoms with Crippen molar-refractivity contribution in [2.75, 3.05) is 12.4 Å². The summed E-state index contributed by atoms with van der Waals surface area (Å²) in [4.78, 5) is 20.8. The topological polar surface area (TPSA) is 122 Å². The first-order chi connectivity index (χ1) is 16.4. The number of nitrogens with one attached hydrogen (secondary N) is 1. The predicted octanol–water partition coefficient (Wildman–Crippen LogP) is 5.44. The number of alkyl halides is 3. The van der Waals surface area contributed by atoms with Crippen molar-refractivity contribution in [1.82, 2.24) is 9.97 Å². The normalized spacial score (nSPS) is 11.3. The SMILES string of the molecule is CCc1cc([N-]c2ncc(C)c(Nc3ccccc3)n2)cc(C(=O)OC)c1OS(=O)(=O)C(F)(F)F.[Ir]. The third kappa shape index (κ3) is 6.71. The molecule has 0 saturated heterocycles. The number of rotatable bonds is 8. The van der Waals surface area contributed by atoms with E-state index in [0.717, 1.165) is 24.4 Å². The number of hydrogen-bond acceptors (Lipinski definition) is 8. The van der Waals surface area contributed by atoms with E-state index in [0.29, 0.717) is 5.82 Å². The van der Waals surface area contributed by atoms with Gasteiger partial charge in [-0.3, -0.25) is 0 Å². The summed E-state index contributed by atoms with van der Waals surface area (Å²) in [6.45, 7) is 3.32. The molecule has 0 spiro atoms. The van der Waals surface area contributed by atoms with Crippen LogP contribution in [0.5, 0.6) is 5.75 Å². The minimum atomic E-state index is -6.03. The molecule has 0 saturated carbocycles. The maximum Gasteiger partial charge on any atom is 0.534 e. The summed E-state index contributed by atoms with van der Waals surface area (Å²) in [6.07, 6.45) is 1.54. The number of esters is 1. The average Bonchev–Trinajstić information content (AvgIpc) is 2.81. The second kappa shape index (κ2) is 11.7. The van der Waals surface area contributed by atoms with Crippen LogP contribution in [0.2, 0.25) is 0 Å². The van der Waals surface area contributed by atoms with Gasteiger partial charge in [0.05, 0.1) is 12.9 Å². The number of benzene rings is 2. The largest absolute Gasteiger partial charge is 0.534 e. The van der Waals surface area contributed by atoms with Gasteiger partial charge in [0, 0.05) is 31.7 Å². The van der Waals surface area contributed by atoms with Crippen molar-refractivity contribution in [3.63, 3.8) is 0 Å². The molecule has 195 valence electrons. The van der Waals surface area contributed by atoms with E-state index in [1.54, 1.807) is 6.92 Å². The number of aryl methyl sites for hydroxylation is 2. The third-order valence-corrected chi connectivity index (χ3v) is 5.59. The number of carbonyl (C=O) groups excluding carboxylic acids is 1. The van der Waals surface area contributed by atoms with Crippen LogP contribution in [0.25, 0.3) is 5.32 Å². The van der Waals surface area contributed by atoms with Gasteiger partial charge in [-0.2, -0.15) is 21.6 Å². The molecular formula is C22H20F3IrN4O5S-. The molecule has 3 aromatic rings. The van der Waals surface area contributed by atoms with Crippen molar-refractivity contribution < 1.29 is 55.4 Å². The van der Waals surface area contributed by atoms with E-state index < -0.39 is 32.9 Å². The molecule has 0 unspecified atom stereocenters. The van der Waals surface area contributed by atoms with Crippen LogP contribution in [0, 0.1) is 6.92 Å². The summed E-state index contributed by atoms with van der Waals surface area (Å²) in [5.41, 5.74) is -4.69. The molecular weight excluding hydrogens is 682 g/mol. The molecule has 1 N–H and O–H groups in total. The minimum Gasteiger partial charge on any atom is -0.465 e. The first-order valence-electron chi connectivity index (χ1n) is 10.1. The van der Waals surface area contributed by atoms with Gasteiger partial charge in [-0.1, -0.05) is 25.1 Å². The van der Waals surface area contributed by atoms with Crippen LogP contribution in [-0.2, 0) is 41.4 Å². The van der Waals surface area contributed by atoms with Crippen LogP contribution in [0.15, 0.2) is 48.7 Å². The van der Waals surface area contributed by atoms with Crippen LogP contribution in [0.4, 0.5) is 36.3 Å². The van der Waals surface area contributed by atoms with Gasteiger partial charge >= 0.3 is 21.6 Å². The molecule has 0 fully saturated rings. The van der Waals surface area contributed by atoms with Gasteiger partial charge in [-0.05, 0) is 60.6 Å². The number of aromatic nitrogens is 2. The standard InChI is InChI=1S/C22H20F3N4O5S.Ir/c1-4-14-10-16(11-17(20(30)33-3)18(14)34-35(31,32)22(23,24)25)28-21-26-12-13(2)19(29-21)27-15-8-6-5-7-9-15;/h5-12H,4H2,1-3H3,(H-,26,27,28,29);/q-1;. The molecule has 1 heterocycles. The van der Waals surface area contributed by atoms with Crippen LogP contribution < -0.4 is 9.50 Å². The summed E-state index contributed by atoms with van der Waals surface area (Å²) in [5, 5.41) is 7.39. The molecule has 14 heteroatoms. The Labute approximate surface area is 218 Å². The van der Waals surface area contributed by atoms with Crippen molar-refractivity contribution in [1.29, 1.82) is 0 Å². The van der Waals surface area contributed by atoms with Gasteiger partial charge in [0.2, 0.25) is 0 Å². The van der Waals surface area contributed by atoms with Gasteiger partial charge in [0.25, 0.3) is 0 Å². The predicted molar refractivity (Wildman–Crippen MR) is 122 cm³/mol. The monoisotopic (exact) mass is 702 g/mol. The number of carbonyl (C=O) groups is 1. The van der Waals surface area contributed by atoms with Crippen molar-refractivity contribution in [3.8, 4) is 5.75 Å². The summed E-state index contributed by atoms with van der Waals surface area (Å²) < 4.78 is 70.8. The Hall–Kier alpha value is -3.22. The second-order valence-corrected chi connectivity index (χ2v) is 8.65. The Bertz CT molecular complexity index is 1340. The number of ether oxygens (including phenoxy) is 1. The van der Waals surface area contributed by atoms with Crippen LogP contribution in [0.1, 0.15) is 28.4 Å². The van der Waals surface area contributed by atoms with Crippen molar-refractivity contribution in [3.05, 3.63) is 70.7 Å². The van der Waals surface area contributed by atoms with Crippen LogP contribution in [0.3, 0.4) is 0 Å². The maximum absolute atomic E-state index is 12.9. The first kappa shape index (κ1) is 29.0. The Kier molecular flexibility index (Phi) is 9.41. The van der Waals surface area contributed by atoms with Gasteiger partial charge in [0.15, 0.2) is 5.75 Å². The molecule has 1 aromatic heterocycles. The fraction of sp³-hybridized carbons (Fsp3) is 0.227. The van der Waals surface area contributed by atoms with Gasteiger partial charge in [-0.15, -0.1) is 0 Å². The molecule has 0 amide bonds. The fourth-order valence-electron chi connectivity index (χ4n) is 2.90. The van der Waals surface area contributed by atoms with Crippen LogP contribution in [-0.4, -0.2) is 37.0 Å². The first-order valence-corrected chi connectivity index (χ1v) is 11.5. The summed E-state index contributed by atoms with van der Waals surface area (Å²) in [6, 6.07) is 11.5. The van der Waals surface area contributed by atoms with E-state index in [9.17, 15) is 26.4 Å². The van der Waals surface area contributed by atoms with E-state index in [-0.39, 0.29) is 43.7 Å². The summed E-state index contributed by atoms with van der Waals surface area (Å²) in [7, 11) is -5.04. The number of anilines is 2. The zero-order valence-corrected chi connectivity index (χ0v) is 22.3. The van der Waals surface area contributed by atoms with Crippen molar-refractivity contribution >= 4 is 39.2 Å². The molecule has 0 atom stereocenters. The Balaban J connectivity index is 0.00000456.